The Balaban J connectivity index is 2.52. The maximum Gasteiger partial charge on any atom is 0.263 e. The van der Waals surface area contributed by atoms with E-state index in [4.69, 9.17) is 10.7 Å². The lowest BCUT2D eigenvalue weighted by molar-refractivity contribution is 0.387. The predicted molar refractivity (Wildman–Crippen MR) is 82.9 cm³/mol. The SMILES string of the molecule is Cc1c(S(=O)(=O)Cl)c2ccccc2n1CCCN(C)C. The van der Waals surface area contributed by atoms with E-state index < -0.39 is 9.05 Å². The highest BCUT2D eigenvalue weighted by molar-refractivity contribution is 8.14. The number of fused-ring (bicyclic) bond motifs is 1. The zero-order valence-electron chi connectivity index (χ0n) is 11.9. The largest absolute Gasteiger partial charge is 0.343 e. The van der Waals surface area contributed by atoms with Crippen molar-refractivity contribution in [1.82, 2.24) is 9.47 Å². The van der Waals surface area contributed by atoms with Crippen LogP contribution in [0.4, 0.5) is 0 Å². The molecule has 0 saturated heterocycles. The summed E-state index contributed by atoms with van der Waals surface area (Å²) in [5.41, 5.74) is 1.63. The van der Waals surface area contributed by atoms with Crippen LogP contribution >= 0.6 is 10.7 Å². The van der Waals surface area contributed by atoms with Crippen LogP contribution < -0.4 is 0 Å². The van der Waals surface area contributed by atoms with Gasteiger partial charge in [0.05, 0.1) is 0 Å². The van der Waals surface area contributed by atoms with Crippen LogP contribution in [0.3, 0.4) is 0 Å². The summed E-state index contributed by atoms with van der Waals surface area (Å²) in [5, 5.41) is 0.699. The highest BCUT2D eigenvalue weighted by atomic mass is 35.7. The molecule has 110 valence electrons. The minimum atomic E-state index is -3.74. The van der Waals surface area contributed by atoms with Gasteiger partial charge in [0.2, 0.25) is 0 Å². The Labute approximate surface area is 124 Å². The first-order chi connectivity index (χ1) is 9.32. The average molecular weight is 315 g/mol. The van der Waals surface area contributed by atoms with Crippen LogP contribution in [-0.4, -0.2) is 38.5 Å². The van der Waals surface area contributed by atoms with Crippen molar-refractivity contribution in [3.63, 3.8) is 0 Å². The molecule has 0 unspecified atom stereocenters. The van der Waals surface area contributed by atoms with Gasteiger partial charge in [-0.15, -0.1) is 0 Å². The molecule has 2 rings (SSSR count). The lowest BCUT2D eigenvalue weighted by Gasteiger charge is -2.12. The average Bonchev–Trinajstić information content (AvgIpc) is 2.61. The summed E-state index contributed by atoms with van der Waals surface area (Å²) in [6.07, 6.45) is 0.953. The second-order valence-corrected chi connectivity index (χ2v) is 7.68. The summed E-state index contributed by atoms with van der Waals surface area (Å²) in [7, 11) is 5.90. The molecule has 0 fully saturated rings. The quantitative estimate of drug-likeness (QED) is 0.797. The summed E-state index contributed by atoms with van der Waals surface area (Å²) < 4.78 is 25.6. The molecular weight excluding hydrogens is 296 g/mol. The fourth-order valence-corrected chi connectivity index (χ4v) is 4.02. The molecule has 20 heavy (non-hydrogen) atoms. The lowest BCUT2D eigenvalue weighted by atomic mass is 10.2. The van der Waals surface area contributed by atoms with Gasteiger partial charge in [-0.3, -0.25) is 0 Å². The Hall–Kier alpha value is -1.04. The number of aryl methyl sites for hydroxylation is 1. The van der Waals surface area contributed by atoms with Gasteiger partial charge in [0.1, 0.15) is 4.90 Å². The molecule has 2 aromatic rings. The number of halogens is 1. The molecule has 0 aliphatic carbocycles. The summed E-state index contributed by atoms with van der Waals surface area (Å²) in [5.74, 6) is 0. The third-order valence-electron chi connectivity index (χ3n) is 3.40. The predicted octanol–water partition coefficient (Wildman–Crippen LogP) is 2.83. The normalized spacial score (nSPS) is 12.4. The molecule has 0 atom stereocenters. The number of aromatic nitrogens is 1. The highest BCUT2D eigenvalue weighted by Crippen LogP contribution is 2.32. The minimum absolute atomic E-state index is 0.236. The second kappa shape index (κ2) is 5.76. The fraction of sp³-hybridized carbons (Fsp3) is 0.429. The van der Waals surface area contributed by atoms with Gasteiger partial charge in [0.25, 0.3) is 9.05 Å². The summed E-state index contributed by atoms with van der Waals surface area (Å²) in [6, 6.07) is 7.48. The summed E-state index contributed by atoms with van der Waals surface area (Å²) in [6.45, 7) is 3.54. The van der Waals surface area contributed by atoms with Crippen molar-refractivity contribution in [3.8, 4) is 0 Å². The number of para-hydroxylation sites is 1. The molecule has 6 heteroatoms. The van der Waals surface area contributed by atoms with Crippen LogP contribution in [0, 0.1) is 6.92 Å². The van der Waals surface area contributed by atoms with Crippen molar-refractivity contribution in [1.29, 1.82) is 0 Å². The van der Waals surface area contributed by atoms with E-state index >= 15 is 0 Å². The van der Waals surface area contributed by atoms with Crippen molar-refractivity contribution >= 4 is 30.6 Å². The van der Waals surface area contributed by atoms with Gasteiger partial charge in [0, 0.05) is 33.8 Å². The summed E-state index contributed by atoms with van der Waals surface area (Å²) in [4.78, 5) is 2.35. The standard InChI is InChI=1S/C14H19ClN2O2S/c1-11-14(20(15,18)19)12-7-4-5-8-13(12)17(11)10-6-9-16(2)3/h4-5,7-8H,6,9-10H2,1-3H3. The zero-order valence-corrected chi connectivity index (χ0v) is 13.5. The minimum Gasteiger partial charge on any atom is -0.343 e. The van der Waals surface area contributed by atoms with E-state index in [-0.39, 0.29) is 4.90 Å². The van der Waals surface area contributed by atoms with Gasteiger partial charge < -0.3 is 9.47 Å². The zero-order chi connectivity index (χ0) is 14.9. The van der Waals surface area contributed by atoms with Crippen LogP contribution in [0.25, 0.3) is 10.9 Å². The van der Waals surface area contributed by atoms with Crippen LogP contribution in [0.15, 0.2) is 29.2 Å². The van der Waals surface area contributed by atoms with E-state index in [1.54, 1.807) is 6.07 Å². The fourth-order valence-electron chi connectivity index (χ4n) is 2.54. The Kier molecular flexibility index (Phi) is 4.42. The number of nitrogens with zero attached hydrogens (tertiary/aromatic N) is 2. The number of hydrogen-bond acceptors (Lipinski definition) is 3. The van der Waals surface area contributed by atoms with E-state index in [1.807, 2.05) is 43.8 Å². The topological polar surface area (TPSA) is 42.3 Å². The Morgan fingerprint density at radius 2 is 1.90 bits per heavy atom. The molecule has 0 amide bonds. The highest BCUT2D eigenvalue weighted by Gasteiger charge is 2.22. The molecule has 1 aromatic heterocycles. The van der Waals surface area contributed by atoms with Gasteiger partial charge in [-0.25, -0.2) is 8.42 Å². The van der Waals surface area contributed by atoms with Crippen LogP contribution in [0.2, 0.25) is 0 Å². The number of hydrogen-bond donors (Lipinski definition) is 0. The Morgan fingerprint density at radius 3 is 2.50 bits per heavy atom. The van der Waals surface area contributed by atoms with Crippen molar-refractivity contribution in [3.05, 3.63) is 30.0 Å². The van der Waals surface area contributed by atoms with Crippen molar-refractivity contribution in [2.75, 3.05) is 20.6 Å². The van der Waals surface area contributed by atoms with E-state index in [2.05, 4.69) is 4.90 Å². The number of rotatable bonds is 5. The van der Waals surface area contributed by atoms with Crippen LogP contribution in [0.5, 0.6) is 0 Å². The molecule has 0 aliphatic rings. The first-order valence-electron chi connectivity index (χ1n) is 6.49. The molecule has 0 N–H and O–H groups in total. The van der Waals surface area contributed by atoms with Crippen LogP contribution in [0.1, 0.15) is 12.1 Å². The molecule has 0 saturated carbocycles. The molecular formula is C14H19ClN2O2S. The number of benzene rings is 1. The van der Waals surface area contributed by atoms with Gasteiger partial charge >= 0.3 is 0 Å². The van der Waals surface area contributed by atoms with Crippen molar-refractivity contribution in [2.45, 2.75) is 24.8 Å². The summed E-state index contributed by atoms with van der Waals surface area (Å²) >= 11 is 0. The van der Waals surface area contributed by atoms with E-state index in [1.165, 1.54) is 0 Å². The molecule has 0 aliphatic heterocycles. The van der Waals surface area contributed by atoms with E-state index in [9.17, 15) is 8.42 Å². The maximum atomic E-state index is 11.8. The van der Waals surface area contributed by atoms with Crippen molar-refractivity contribution in [2.24, 2.45) is 0 Å². The second-order valence-electron chi connectivity index (χ2n) is 5.18. The third kappa shape index (κ3) is 3.00. The van der Waals surface area contributed by atoms with E-state index in [0.29, 0.717) is 11.1 Å². The van der Waals surface area contributed by atoms with Gasteiger partial charge in [0.15, 0.2) is 0 Å². The maximum absolute atomic E-state index is 11.8. The first-order valence-corrected chi connectivity index (χ1v) is 8.80. The van der Waals surface area contributed by atoms with Gasteiger partial charge in [-0.2, -0.15) is 0 Å². The Morgan fingerprint density at radius 1 is 1.25 bits per heavy atom. The van der Waals surface area contributed by atoms with E-state index in [0.717, 1.165) is 25.0 Å². The molecule has 1 aromatic carbocycles. The Bertz CT molecular complexity index is 720. The van der Waals surface area contributed by atoms with Crippen molar-refractivity contribution < 1.29 is 8.42 Å². The third-order valence-corrected chi connectivity index (χ3v) is 4.87. The molecule has 1 heterocycles. The molecule has 0 bridgehead atoms. The monoisotopic (exact) mass is 314 g/mol. The molecule has 0 spiro atoms. The van der Waals surface area contributed by atoms with Gasteiger partial charge in [-0.05, 0) is 40.1 Å². The van der Waals surface area contributed by atoms with Crippen LogP contribution in [-0.2, 0) is 15.6 Å². The first kappa shape index (κ1) is 15.4. The molecule has 0 radical (unpaired) electrons. The smallest absolute Gasteiger partial charge is 0.263 e. The molecule has 4 nitrogen and oxygen atoms in total. The lowest BCUT2D eigenvalue weighted by Crippen LogP contribution is -2.15. The van der Waals surface area contributed by atoms with Gasteiger partial charge in [-0.1, -0.05) is 18.2 Å².